The van der Waals surface area contributed by atoms with Crippen molar-refractivity contribution in [1.82, 2.24) is 19.1 Å². The Hall–Kier alpha value is -2.78. The number of aromatic amines is 1. The number of aryl methyl sites for hydroxylation is 1. The highest BCUT2D eigenvalue weighted by atomic mass is 32.2. The zero-order valence-electron chi connectivity index (χ0n) is 17.3. The van der Waals surface area contributed by atoms with Crippen molar-refractivity contribution in [2.75, 3.05) is 13.1 Å². The second-order valence-electron chi connectivity index (χ2n) is 8.02. The molecule has 3 aromatic rings. The van der Waals surface area contributed by atoms with Crippen LogP contribution >= 0.6 is 0 Å². The lowest BCUT2D eigenvalue weighted by Crippen LogP contribution is -2.39. The molecule has 0 atom stereocenters. The van der Waals surface area contributed by atoms with Crippen LogP contribution in [0.2, 0.25) is 0 Å². The first-order chi connectivity index (χ1) is 14.8. The Morgan fingerprint density at radius 1 is 1.13 bits per heavy atom. The summed E-state index contributed by atoms with van der Waals surface area (Å²) in [5.41, 5.74) is 1.49. The van der Waals surface area contributed by atoms with E-state index in [1.165, 1.54) is 16.7 Å². The van der Waals surface area contributed by atoms with Gasteiger partial charge in [-0.25, -0.2) is 31.6 Å². The van der Waals surface area contributed by atoms with Crippen LogP contribution in [0.1, 0.15) is 29.8 Å². The Labute approximate surface area is 180 Å². The summed E-state index contributed by atoms with van der Waals surface area (Å²) in [5, 5.41) is 6.49. The largest absolute Gasteiger partial charge is 0.348 e. The summed E-state index contributed by atoms with van der Waals surface area (Å²) in [5.74, 6) is 0.109. The van der Waals surface area contributed by atoms with Crippen LogP contribution in [0, 0.1) is 18.7 Å². The second-order valence-corrected chi connectivity index (χ2v) is 9.99. The average molecular weight is 445 g/mol. The molecule has 2 heterocycles. The number of benzene rings is 2. The van der Waals surface area contributed by atoms with E-state index in [9.17, 15) is 17.6 Å². The van der Waals surface area contributed by atoms with Crippen LogP contribution in [0.25, 0.3) is 5.69 Å². The van der Waals surface area contributed by atoms with Crippen LogP contribution in [0.5, 0.6) is 0 Å². The number of hydrogen-bond acceptors (Lipinski definition) is 4. The normalized spacial score (nSPS) is 15.9. The van der Waals surface area contributed by atoms with E-state index < -0.39 is 21.5 Å². The van der Waals surface area contributed by atoms with E-state index >= 15 is 0 Å². The Bertz CT molecular complexity index is 1230. The van der Waals surface area contributed by atoms with Crippen LogP contribution in [0.3, 0.4) is 0 Å². The third kappa shape index (κ3) is 4.77. The number of H-pyrrole nitrogens is 1. The van der Waals surface area contributed by atoms with Gasteiger partial charge in [-0.3, -0.25) is 0 Å². The minimum Gasteiger partial charge on any atom is -0.246 e. The first kappa shape index (κ1) is 21.5. The summed E-state index contributed by atoms with van der Waals surface area (Å²) in [6.45, 7) is 2.79. The fourth-order valence-corrected chi connectivity index (χ4v) is 5.65. The van der Waals surface area contributed by atoms with Gasteiger partial charge in [0.15, 0.2) is 0 Å². The lowest BCUT2D eigenvalue weighted by molar-refractivity contribution is 0.269. The third-order valence-corrected chi connectivity index (χ3v) is 7.55. The van der Waals surface area contributed by atoms with Gasteiger partial charge in [-0.15, -0.1) is 0 Å². The van der Waals surface area contributed by atoms with Gasteiger partial charge in [-0.1, -0.05) is 42.0 Å². The highest BCUT2D eigenvalue weighted by Gasteiger charge is 2.29. The smallest absolute Gasteiger partial charge is 0.246 e. The van der Waals surface area contributed by atoms with Crippen LogP contribution in [0.15, 0.2) is 53.3 Å². The second kappa shape index (κ2) is 8.76. The fourth-order valence-electron chi connectivity index (χ4n) is 4.10. The molecule has 4 rings (SSSR count). The van der Waals surface area contributed by atoms with Crippen molar-refractivity contribution in [3.63, 3.8) is 0 Å². The van der Waals surface area contributed by atoms with Crippen molar-refractivity contribution in [2.24, 2.45) is 5.92 Å². The predicted octanol–water partition coefficient (Wildman–Crippen LogP) is 2.79. The maximum atomic E-state index is 14.2. The molecule has 0 bridgehead atoms. The quantitative estimate of drug-likeness (QED) is 0.633. The van der Waals surface area contributed by atoms with E-state index in [2.05, 4.69) is 10.2 Å². The fraction of sp³-hybridized carbons (Fsp3) is 0.364. The summed E-state index contributed by atoms with van der Waals surface area (Å²) in [6, 6.07) is 13.6. The van der Waals surface area contributed by atoms with Crippen LogP contribution in [-0.2, 0) is 22.2 Å². The maximum Gasteiger partial charge on any atom is 0.348 e. The van der Waals surface area contributed by atoms with Gasteiger partial charge in [0, 0.05) is 19.5 Å². The van der Waals surface area contributed by atoms with E-state index in [0.29, 0.717) is 38.2 Å². The Morgan fingerprint density at radius 2 is 1.87 bits per heavy atom. The summed E-state index contributed by atoms with van der Waals surface area (Å²) in [6.07, 6.45) is 1.79. The molecule has 0 spiro atoms. The highest BCUT2D eigenvalue weighted by molar-refractivity contribution is 7.88. The molecule has 164 valence electrons. The number of para-hydroxylation sites is 1. The van der Waals surface area contributed by atoms with Gasteiger partial charge < -0.3 is 0 Å². The number of sulfonamides is 1. The van der Waals surface area contributed by atoms with Gasteiger partial charge in [0.25, 0.3) is 0 Å². The molecular weight excluding hydrogens is 419 g/mol. The number of rotatable bonds is 6. The van der Waals surface area contributed by atoms with Gasteiger partial charge in [0.2, 0.25) is 10.0 Å². The van der Waals surface area contributed by atoms with E-state index in [4.69, 9.17) is 0 Å². The van der Waals surface area contributed by atoms with Crippen LogP contribution < -0.4 is 5.69 Å². The molecule has 1 fully saturated rings. The first-order valence-electron chi connectivity index (χ1n) is 10.3. The molecule has 0 radical (unpaired) electrons. The number of nitrogens with zero attached hydrogens (tertiary/aromatic N) is 3. The van der Waals surface area contributed by atoms with E-state index in [1.54, 1.807) is 16.4 Å². The minimum absolute atomic E-state index is 0.00839. The molecule has 1 aliphatic heterocycles. The van der Waals surface area contributed by atoms with Gasteiger partial charge >= 0.3 is 5.69 Å². The lowest BCUT2D eigenvalue weighted by Gasteiger charge is -2.31. The number of piperidine rings is 1. The average Bonchev–Trinajstić information content (AvgIpc) is 3.08. The molecule has 0 saturated carbocycles. The Kier molecular flexibility index (Phi) is 6.06. The van der Waals surface area contributed by atoms with Crippen molar-refractivity contribution < 1.29 is 12.8 Å². The third-order valence-electron chi connectivity index (χ3n) is 5.70. The van der Waals surface area contributed by atoms with Crippen molar-refractivity contribution >= 4 is 10.0 Å². The molecule has 31 heavy (non-hydrogen) atoms. The first-order valence-corrected chi connectivity index (χ1v) is 11.9. The number of halogens is 1. The Balaban J connectivity index is 1.42. The van der Waals surface area contributed by atoms with E-state index in [1.807, 2.05) is 31.2 Å². The molecule has 0 amide bonds. The van der Waals surface area contributed by atoms with Gasteiger partial charge in [-0.2, -0.15) is 5.10 Å². The molecule has 1 saturated heterocycles. The minimum atomic E-state index is -3.40. The Morgan fingerprint density at radius 3 is 2.58 bits per heavy atom. The van der Waals surface area contributed by atoms with Crippen LogP contribution in [-0.4, -0.2) is 40.6 Å². The molecule has 7 nitrogen and oxygen atoms in total. The summed E-state index contributed by atoms with van der Waals surface area (Å²) < 4.78 is 42.7. The van der Waals surface area contributed by atoms with Gasteiger partial charge in [-0.05, 0) is 43.4 Å². The van der Waals surface area contributed by atoms with Crippen molar-refractivity contribution in [2.45, 2.75) is 31.9 Å². The molecule has 9 heteroatoms. The monoisotopic (exact) mass is 444 g/mol. The molecule has 2 aromatic carbocycles. The molecule has 0 aliphatic carbocycles. The molecule has 1 N–H and O–H groups in total. The topological polar surface area (TPSA) is 88.1 Å². The van der Waals surface area contributed by atoms with E-state index in [0.717, 1.165) is 11.1 Å². The zero-order chi connectivity index (χ0) is 22.0. The number of hydrogen-bond donors (Lipinski definition) is 1. The molecule has 1 aromatic heterocycles. The number of aromatic nitrogens is 3. The summed E-state index contributed by atoms with van der Waals surface area (Å²) in [7, 11) is -3.40. The molecule has 1 aliphatic rings. The van der Waals surface area contributed by atoms with Crippen LogP contribution in [0.4, 0.5) is 4.39 Å². The number of nitrogens with one attached hydrogen (secondary N) is 1. The van der Waals surface area contributed by atoms with Crippen molar-refractivity contribution in [3.05, 3.63) is 81.8 Å². The predicted molar refractivity (Wildman–Crippen MR) is 116 cm³/mol. The van der Waals surface area contributed by atoms with Crippen molar-refractivity contribution in [3.8, 4) is 5.69 Å². The summed E-state index contributed by atoms with van der Waals surface area (Å²) in [4.78, 5) is 12.2. The van der Waals surface area contributed by atoms with E-state index in [-0.39, 0.29) is 17.4 Å². The SMILES string of the molecule is Cc1cccc(CS(=O)(=O)N2CCC(Cc3n[nH]c(=O)n3-c3ccccc3F)CC2)c1. The van der Waals surface area contributed by atoms with Gasteiger partial charge in [0.05, 0.1) is 11.4 Å². The highest BCUT2D eigenvalue weighted by Crippen LogP contribution is 2.25. The van der Waals surface area contributed by atoms with Gasteiger partial charge in [0.1, 0.15) is 11.6 Å². The summed E-state index contributed by atoms with van der Waals surface area (Å²) >= 11 is 0. The van der Waals surface area contributed by atoms with Crippen molar-refractivity contribution in [1.29, 1.82) is 0 Å². The maximum absolute atomic E-state index is 14.2. The lowest BCUT2D eigenvalue weighted by atomic mass is 9.94. The zero-order valence-corrected chi connectivity index (χ0v) is 18.1. The molecular formula is C22H25FN4O3S. The molecule has 0 unspecified atom stereocenters. The standard InChI is InChI=1S/C22H25FN4O3S/c1-16-5-4-6-18(13-16)15-31(29,30)26-11-9-17(10-12-26)14-21-24-25-22(28)27(21)20-8-3-2-7-19(20)23/h2-8,13,17H,9-12,14-15H2,1H3,(H,25,28).